The van der Waals surface area contributed by atoms with Gasteiger partial charge in [0.05, 0.1) is 24.5 Å². The number of nitrogens with one attached hydrogen (secondary N) is 2. The van der Waals surface area contributed by atoms with Gasteiger partial charge in [0, 0.05) is 44.8 Å². The summed E-state index contributed by atoms with van der Waals surface area (Å²) < 4.78 is 52.1. The van der Waals surface area contributed by atoms with Crippen molar-refractivity contribution in [1.29, 1.82) is 0 Å². The number of hydrogen-bond donors (Lipinski definition) is 2. The number of likely N-dealkylation sites (N-methyl/N-ethyl adjacent to an activating group) is 1. The lowest BCUT2D eigenvalue weighted by atomic mass is 10.0. The van der Waals surface area contributed by atoms with Crippen molar-refractivity contribution in [1.82, 2.24) is 25.2 Å². The van der Waals surface area contributed by atoms with E-state index in [0.717, 1.165) is 12.1 Å². The molecule has 2 amide bonds. The van der Waals surface area contributed by atoms with E-state index in [9.17, 15) is 22.8 Å². The molecule has 0 spiro atoms. The summed E-state index contributed by atoms with van der Waals surface area (Å²) in [6.07, 6.45) is -2.35. The summed E-state index contributed by atoms with van der Waals surface area (Å²) in [4.78, 5) is 26.1. The monoisotopic (exact) mass is 526 g/mol. The number of amides is 2. The molecule has 0 saturated carbocycles. The van der Waals surface area contributed by atoms with Crippen LogP contribution in [0.1, 0.15) is 37.9 Å². The molecule has 13 heteroatoms. The zero-order chi connectivity index (χ0) is 27.0. The lowest BCUT2D eigenvalue weighted by Crippen LogP contribution is -2.44. The number of ether oxygens (including phenoxy) is 2. The highest BCUT2D eigenvalue weighted by molar-refractivity contribution is 5.89. The number of urea groups is 1. The number of rotatable bonds is 3. The van der Waals surface area contributed by atoms with Gasteiger partial charge in [-0.05, 0) is 37.5 Å². The Morgan fingerprint density at radius 2 is 2.11 bits per heavy atom. The normalized spacial score (nSPS) is 22.2. The number of benzene rings is 1. The van der Waals surface area contributed by atoms with Crippen LogP contribution in [0.25, 0.3) is 0 Å². The molecule has 3 atom stereocenters. The van der Waals surface area contributed by atoms with E-state index in [1.165, 1.54) is 17.0 Å². The molecular weight excluding hydrogens is 493 g/mol. The van der Waals surface area contributed by atoms with Crippen LogP contribution >= 0.6 is 0 Å². The van der Waals surface area contributed by atoms with Gasteiger partial charge in [-0.1, -0.05) is 18.2 Å². The number of cyclic esters (lactones) is 1. The van der Waals surface area contributed by atoms with Crippen LogP contribution in [-0.4, -0.2) is 70.8 Å². The Balaban J connectivity index is 1.67. The Morgan fingerprint density at radius 3 is 2.86 bits per heavy atom. The largest absolute Gasteiger partial charge is 0.464 e. The molecule has 1 aromatic carbocycles. The van der Waals surface area contributed by atoms with Crippen LogP contribution < -0.4 is 10.6 Å². The second-order valence-corrected chi connectivity index (χ2v) is 9.28. The van der Waals surface area contributed by atoms with Gasteiger partial charge in [0.1, 0.15) is 12.3 Å². The van der Waals surface area contributed by atoms with Gasteiger partial charge < -0.3 is 25.0 Å². The first-order valence-corrected chi connectivity index (χ1v) is 12.1. The predicted octanol–water partition coefficient (Wildman–Crippen LogP) is 3.30. The van der Waals surface area contributed by atoms with Gasteiger partial charge in [0.15, 0.2) is 0 Å². The Labute approximate surface area is 213 Å². The van der Waals surface area contributed by atoms with E-state index < -0.39 is 23.9 Å². The number of carbonyl (C=O) groups excluding carboxylic acids is 2. The zero-order valence-corrected chi connectivity index (χ0v) is 21.1. The first-order valence-electron chi connectivity index (χ1n) is 12.1. The molecule has 2 N–H and O–H groups in total. The topological polar surface area (TPSA) is 111 Å². The summed E-state index contributed by atoms with van der Waals surface area (Å²) in [5.74, 6) is -0.353. The van der Waals surface area contributed by atoms with Crippen molar-refractivity contribution in [2.24, 2.45) is 5.92 Å². The summed E-state index contributed by atoms with van der Waals surface area (Å²) >= 11 is 0. The first-order chi connectivity index (χ1) is 17.5. The molecule has 0 fully saturated rings. The summed E-state index contributed by atoms with van der Waals surface area (Å²) in [5, 5.41) is 14.0. The van der Waals surface area contributed by atoms with Gasteiger partial charge >= 0.3 is 18.2 Å². The van der Waals surface area contributed by atoms with Gasteiger partial charge in [0.2, 0.25) is 0 Å². The van der Waals surface area contributed by atoms with Crippen molar-refractivity contribution in [3.8, 4) is 0 Å². The van der Waals surface area contributed by atoms with Crippen molar-refractivity contribution < 1.29 is 32.2 Å². The maximum Gasteiger partial charge on any atom is 0.416 e. The third kappa shape index (κ3) is 9.01. The Hall–Kier alpha value is -3.19. The van der Waals surface area contributed by atoms with E-state index in [1.54, 1.807) is 17.9 Å². The van der Waals surface area contributed by atoms with Crippen molar-refractivity contribution in [3.63, 3.8) is 0 Å². The molecule has 1 aliphatic rings. The fourth-order valence-electron chi connectivity index (χ4n) is 3.70. The fourth-order valence-corrected chi connectivity index (χ4v) is 3.70. The third-order valence-corrected chi connectivity index (χ3v) is 5.96. The van der Waals surface area contributed by atoms with Crippen LogP contribution in [-0.2, 0) is 33.6 Å². The number of esters is 1. The zero-order valence-electron chi connectivity index (χ0n) is 21.1. The molecule has 2 heterocycles. The van der Waals surface area contributed by atoms with E-state index in [1.807, 2.05) is 13.8 Å². The minimum atomic E-state index is -4.51. The van der Waals surface area contributed by atoms with Crippen molar-refractivity contribution >= 4 is 17.7 Å². The van der Waals surface area contributed by atoms with E-state index in [0.29, 0.717) is 25.2 Å². The third-order valence-electron chi connectivity index (χ3n) is 5.96. The van der Waals surface area contributed by atoms with E-state index in [2.05, 4.69) is 20.9 Å². The maximum absolute atomic E-state index is 13.0. The van der Waals surface area contributed by atoms with E-state index in [4.69, 9.17) is 9.47 Å². The van der Waals surface area contributed by atoms with Crippen LogP contribution in [0.15, 0.2) is 30.5 Å². The number of carbonyl (C=O) groups is 2. The molecule has 0 radical (unpaired) electrons. The molecule has 0 saturated heterocycles. The fraction of sp³-hybridized carbons (Fsp3) is 0.583. The number of nitrogens with zero attached hydrogens (tertiary/aromatic N) is 4. The van der Waals surface area contributed by atoms with Gasteiger partial charge in [-0.2, -0.15) is 13.2 Å². The second kappa shape index (κ2) is 12.9. The molecule has 204 valence electrons. The van der Waals surface area contributed by atoms with E-state index in [-0.39, 0.29) is 49.8 Å². The first kappa shape index (κ1) is 28.4. The summed E-state index contributed by atoms with van der Waals surface area (Å²) in [7, 11) is 1.55. The Morgan fingerprint density at radius 1 is 1.32 bits per heavy atom. The molecule has 2 aromatic rings. The van der Waals surface area contributed by atoms with Gasteiger partial charge in [-0.3, -0.25) is 9.48 Å². The number of halogens is 3. The lowest BCUT2D eigenvalue weighted by Gasteiger charge is -2.30. The second-order valence-electron chi connectivity index (χ2n) is 9.28. The predicted molar refractivity (Wildman–Crippen MR) is 129 cm³/mol. The Kier molecular flexibility index (Phi) is 9.86. The minimum absolute atomic E-state index is 0.0419. The molecule has 1 aliphatic heterocycles. The lowest BCUT2D eigenvalue weighted by molar-refractivity contribution is -0.144. The number of aromatic nitrogens is 3. The van der Waals surface area contributed by atoms with Crippen molar-refractivity contribution in [2.75, 3.05) is 32.1 Å². The number of anilines is 1. The Bertz CT molecular complexity index is 1050. The average molecular weight is 527 g/mol. The van der Waals surface area contributed by atoms with Crippen LogP contribution in [0.3, 0.4) is 0 Å². The maximum atomic E-state index is 13.0. The number of fused-ring (bicyclic) bond motifs is 2. The highest BCUT2D eigenvalue weighted by atomic mass is 19.4. The average Bonchev–Trinajstić information content (AvgIpc) is 3.30. The minimum Gasteiger partial charge on any atom is -0.464 e. The summed E-state index contributed by atoms with van der Waals surface area (Å²) in [5.41, 5.74) is -0.203. The van der Waals surface area contributed by atoms with Crippen LogP contribution in [0, 0.1) is 5.92 Å². The van der Waals surface area contributed by atoms with Gasteiger partial charge in [-0.15, -0.1) is 5.10 Å². The van der Waals surface area contributed by atoms with Gasteiger partial charge in [0.25, 0.3) is 0 Å². The highest BCUT2D eigenvalue weighted by Crippen LogP contribution is 2.30. The van der Waals surface area contributed by atoms with Crippen LogP contribution in [0.5, 0.6) is 0 Å². The molecule has 0 aliphatic carbocycles. The SMILES string of the molecule is C[C@@H]1CN[C@@H](C)COC(=O)CCCn2cc(nn2)CO[C@@H]1CN(C)C(=O)Nc1cccc(C(F)(F)F)c1. The molecule has 1 aromatic heterocycles. The summed E-state index contributed by atoms with van der Waals surface area (Å²) in [6, 6.07) is 3.81. The molecule has 37 heavy (non-hydrogen) atoms. The van der Waals surface area contributed by atoms with E-state index >= 15 is 0 Å². The molecule has 3 rings (SSSR count). The van der Waals surface area contributed by atoms with Crippen LogP contribution in [0.4, 0.5) is 23.7 Å². The molecule has 2 bridgehead atoms. The van der Waals surface area contributed by atoms with Crippen molar-refractivity contribution in [2.45, 2.75) is 58.2 Å². The van der Waals surface area contributed by atoms with Crippen molar-refractivity contribution in [3.05, 3.63) is 41.7 Å². The molecule has 10 nitrogen and oxygen atoms in total. The number of aryl methyl sites for hydroxylation is 1. The number of alkyl halides is 3. The quantitative estimate of drug-likeness (QED) is 0.591. The standard InChI is InChI=1S/C24H33F3N6O4/c1-16-11-28-17(2)14-37-22(34)8-5-9-33-12-20(30-31-33)15-36-21(16)13-32(3)23(35)29-19-7-4-6-18(10-19)24(25,26)27/h4,6-7,10,12,16-17,21,28H,5,8-9,11,13-15H2,1-3H3,(H,29,35)/t16-,17+,21-/m1/s1. The summed E-state index contributed by atoms with van der Waals surface area (Å²) in [6.45, 7) is 5.44. The smallest absolute Gasteiger partial charge is 0.416 e. The van der Waals surface area contributed by atoms with Gasteiger partial charge in [-0.25, -0.2) is 4.79 Å². The molecule has 0 unspecified atom stereocenters. The highest BCUT2D eigenvalue weighted by Gasteiger charge is 2.31. The van der Waals surface area contributed by atoms with Crippen LogP contribution in [0.2, 0.25) is 0 Å². The number of hydrogen-bond acceptors (Lipinski definition) is 7. The molecular formula is C24H33F3N6O4.